The molecule has 2 fully saturated rings. The van der Waals surface area contributed by atoms with E-state index < -0.39 is 6.10 Å². The number of carbonyl (C=O) groups excluding carboxylic acids is 1. The van der Waals surface area contributed by atoms with Crippen LogP contribution in [0.25, 0.3) is 0 Å². The fraction of sp³-hybridized carbons (Fsp3) is 0.474. The van der Waals surface area contributed by atoms with E-state index in [0.717, 1.165) is 12.0 Å². The molecule has 7 heteroatoms. The number of amides is 1. The molecule has 1 aliphatic carbocycles. The normalized spacial score (nSPS) is 28.2. The van der Waals surface area contributed by atoms with Crippen molar-refractivity contribution < 1.29 is 9.90 Å². The summed E-state index contributed by atoms with van der Waals surface area (Å²) >= 11 is 12.4. The summed E-state index contributed by atoms with van der Waals surface area (Å²) in [6.45, 7) is 3.19. The van der Waals surface area contributed by atoms with Crippen LogP contribution < -0.4 is 0 Å². The third-order valence-electron chi connectivity index (χ3n) is 5.79. The third kappa shape index (κ3) is 3.13. The molecule has 1 saturated heterocycles. The lowest BCUT2D eigenvalue weighted by atomic mass is 9.77. The van der Waals surface area contributed by atoms with Gasteiger partial charge in [0, 0.05) is 41.1 Å². The zero-order chi connectivity index (χ0) is 18.4. The predicted molar refractivity (Wildman–Crippen MR) is 101 cm³/mol. The number of aliphatic hydroxyl groups excluding tert-OH is 1. The molecule has 0 unspecified atom stereocenters. The van der Waals surface area contributed by atoms with E-state index in [2.05, 4.69) is 5.10 Å². The molecule has 1 aliphatic heterocycles. The zero-order valence-corrected chi connectivity index (χ0v) is 16.0. The van der Waals surface area contributed by atoms with E-state index in [1.807, 2.05) is 28.8 Å². The number of fused-ring (bicyclic) bond motifs is 1. The Morgan fingerprint density at radius 1 is 1.19 bits per heavy atom. The van der Waals surface area contributed by atoms with Crippen molar-refractivity contribution in [3.05, 3.63) is 51.8 Å². The van der Waals surface area contributed by atoms with Crippen molar-refractivity contribution in [3.8, 4) is 0 Å². The number of benzene rings is 1. The van der Waals surface area contributed by atoms with Crippen LogP contribution in [0.4, 0.5) is 0 Å². The molecule has 4 rings (SSSR count). The Bertz CT molecular complexity index is 801. The minimum atomic E-state index is -0.436. The van der Waals surface area contributed by atoms with Gasteiger partial charge in [-0.25, -0.2) is 0 Å². The molecule has 4 atom stereocenters. The number of hydrogen-bond acceptors (Lipinski definition) is 3. The van der Waals surface area contributed by atoms with Gasteiger partial charge in [-0.05, 0) is 55.4 Å². The van der Waals surface area contributed by atoms with Crippen LogP contribution in [0.3, 0.4) is 0 Å². The lowest BCUT2D eigenvalue weighted by Gasteiger charge is -2.35. The molecule has 1 N–H and O–H groups in total. The summed E-state index contributed by atoms with van der Waals surface area (Å²) in [6, 6.07) is 5.22. The van der Waals surface area contributed by atoms with Crippen molar-refractivity contribution >= 4 is 29.1 Å². The SMILES string of the molecule is Cc1c(Cl)cc(C(=O)N2C[C@H]3C[C@@H](n4cccn4)[C@H](O)C[C@H]3C2)cc1Cl. The number of nitrogens with zero attached hydrogens (tertiary/aromatic N) is 3. The number of hydrogen-bond donors (Lipinski definition) is 1. The van der Waals surface area contributed by atoms with Crippen molar-refractivity contribution in [2.24, 2.45) is 11.8 Å². The van der Waals surface area contributed by atoms with Gasteiger partial charge < -0.3 is 10.0 Å². The van der Waals surface area contributed by atoms with Crippen LogP contribution in [0.1, 0.15) is 34.8 Å². The van der Waals surface area contributed by atoms with Gasteiger partial charge in [-0.2, -0.15) is 5.10 Å². The lowest BCUT2D eigenvalue weighted by molar-refractivity contribution is 0.0306. The van der Waals surface area contributed by atoms with E-state index in [-0.39, 0.29) is 11.9 Å². The van der Waals surface area contributed by atoms with Gasteiger partial charge in [0.25, 0.3) is 5.91 Å². The molecule has 1 saturated carbocycles. The highest BCUT2D eigenvalue weighted by Gasteiger charge is 2.43. The van der Waals surface area contributed by atoms with Crippen LogP contribution in [-0.4, -0.2) is 44.9 Å². The van der Waals surface area contributed by atoms with E-state index in [0.29, 0.717) is 47.0 Å². The van der Waals surface area contributed by atoms with Gasteiger partial charge in [0.1, 0.15) is 0 Å². The maximum atomic E-state index is 12.9. The maximum absolute atomic E-state index is 12.9. The fourth-order valence-electron chi connectivity index (χ4n) is 4.29. The van der Waals surface area contributed by atoms with Crippen molar-refractivity contribution in [2.45, 2.75) is 31.9 Å². The summed E-state index contributed by atoms with van der Waals surface area (Å²) < 4.78 is 1.84. The monoisotopic (exact) mass is 393 g/mol. The number of aliphatic hydroxyl groups is 1. The highest BCUT2D eigenvalue weighted by molar-refractivity contribution is 6.36. The summed E-state index contributed by atoms with van der Waals surface area (Å²) in [5.74, 6) is 0.637. The van der Waals surface area contributed by atoms with Crippen LogP contribution in [0, 0.1) is 18.8 Å². The third-order valence-corrected chi connectivity index (χ3v) is 6.57. The number of rotatable bonds is 2. The van der Waals surface area contributed by atoms with Crippen LogP contribution in [0.2, 0.25) is 10.0 Å². The highest BCUT2D eigenvalue weighted by atomic mass is 35.5. The minimum absolute atomic E-state index is 0.0236. The van der Waals surface area contributed by atoms with Crippen LogP contribution >= 0.6 is 23.2 Å². The molecule has 5 nitrogen and oxygen atoms in total. The Labute approximate surface area is 162 Å². The second-order valence-electron chi connectivity index (χ2n) is 7.39. The Morgan fingerprint density at radius 3 is 2.46 bits per heavy atom. The molecule has 2 aliphatic rings. The standard InChI is InChI=1S/C19H21Cl2N3O2/c1-11-15(20)5-12(6-16(11)21)19(26)23-9-13-7-17(24-4-2-3-22-24)18(25)8-14(13)10-23/h2-6,13-14,17-18,25H,7-10H2,1H3/t13-,14+,17-,18-/m1/s1. The predicted octanol–water partition coefficient (Wildman–Crippen LogP) is 3.58. The topological polar surface area (TPSA) is 58.4 Å². The van der Waals surface area contributed by atoms with Gasteiger partial charge >= 0.3 is 0 Å². The van der Waals surface area contributed by atoms with Crippen molar-refractivity contribution in [2.75, 3.05) is 13.1 Å². The summed E-state index contributed by atoms with van der Waals surface area (Å²) in [6.07, 6.45) is 4.70. The molecule has 26 heavy (non-hydrogen) atoms. The molecular weight excluding hydrogens is 373 g/mol. The first-order valence-corrected chi connectivity index (χ1v) is 9.61. The number of aromatic nitrogens is 2. The molecule has 1 aromatic heterocycles. The Balaban J connectivity index is 1.51. The van der Waals surface area contributed by atoms with E-state index in [4.69, 9.17) is 23.2 Å². The van der Waals surface area contributed by atoms with Gasteiger partial charge in [0.05, 0.1) is 12.1 Å². The molecule has 1 amide bonds. The van der Waals surface area contributed by atoms with Gasteiger partial charge in [-0.3, -0.25) is 9.48 Å². The summed E-state index contributed by atoms with van der Waals surface area (Å²) in [4.78, 5) is 14.8. The summed E-state index contributed by atoms with van der Waals surface area (Å²) in [5, 5.41) is 15.8. The lowest BCUT2D eigenvalue weighted by Crippen LogP contribution is -2.36. The zero-order valence-electron chi connectivity index (χ0n) is 14.5. The minimum Gasteiger partial charge on any atom is -0.391 e. The highest BCUT2D eigenvalue weighted by Crippen LogP contribution is 2.41. The molecule has 0 bridgehead atoms. The smallest absolute Gasteiger partial charge is 0.253 e. The quantitative estimate of drug-likeness (QED) is 0.847. The average Bonchev–Trinajstić information content (AvgIpc) is 3.26. The molecule has 138 valence electrons. The van der Waals surface area contributed by atoms with Gasteiger partial charge in [0.2, 0.25) is 0 Å². The molecule has 1 aromatic carbocycles. The summed E-state index contributed by atoms with van der Waals surface area (Å²) in [7, 11) is 0. The van der Waals surface area contributed by atoms with Crippen molar-refractivity contribution in [1.82, 2.24) is 14.7 Å². The number of halogens is 2. The van der Waals surface area contributed by atoms with Crippen molar-refractivity contribution in [3.63, 3.8) is 0 Å². The van der Waals surface area contributed by atoms with E-state index in [9.17, 15) is 9.90 Å². The van der Waals surface area contributed by atoms with Gasteiger partial charge in [-0.1, -0.05) is 23.2 Å². The number of carbonyl (C=O) groups is 1. The fourth-order valence-corrected chi connectivity index (χ4v) is 4.77. The Kier molecular flexibility index (Phi) is 4.71. The van der Waals surface area contributed by atoms with E-state index in [1.165, 1.54) is 0 Å². The Hall–Kier alpha value is -1.56. The first-order valence-electron chi connectivity index (χ1n) is 8.86. The van der Waals surface area contributed by atoms with E-state index in [1.54, 1.807) is 18.3 Å². The largest absolute Gasteiger partial charge is 0.391 e. The van der Waals surface area contributed by atoms with Crippen LogP contribution in [-0.2, 0) is 0 Å². The second-order valence-corrected chi connectivity index (χ2v) is 8.20. The molecular formula is C19H21Cl2N3O2. The van der Waals surface area contributed by atoms with Gasteiger partial charge in [0.15, 0.2) is 0 Å². The first-order chi connectivity index (χ1) is 12.4. The van der Waals surface area contributed by atoms with Crippen LogP contribution in [0.5, 0.6) is 0 Å². The molecule has 0 spiro atoms. The first kappa shape index (κ1) is 17.8. The maximum Gasteiger partial charge on any atom is 0.253 e. The molecule has 2 heterocycles. The molecule has 2 aromatic rings. The van der Waals surface area contributed by atoms with E-state index >= 15 is 0 Å². The summed E-state index contributed by atoms with van der Waals surface area (Å²) in [5.41, 5.74) is 1.30. The second kappa shape index (κ2) is 6.87. The van der Waals surface area contributed by atoms with Crippen LogP contribution in [0.15, 0.2) is 30.6 Å². The number of likely N-dealkylation sites (tertiary alicyclic amines) is 1. The van der Waals surface area contributed by atoms with Crippen molar-refractivity contribution in [1.29, 1.82) is 0 Å². The molecule has 0 radical (unpaired) electrons. The van der Waals surface area contributed by atoms with Gasteiger partial charge in [-0.15, -0.1) is 0 Å². The average molecular weight is 394 g/mol. The Morgan fingerprint density at radius 2 is 1.85 bits per heavy atom.